The molecule has 2 aromatic carbocycles. The molecule has 4 rings (SSSR count). The zero-order chi connectivity index (χ0) is 22.2. The molecule has 0 aliphatic carbocycles. The van der Waals surface area contributed by atoms with Gasteiger partial charge in [0.25, 0.3) is 5.91 Å². The van der Waals surface area contributed by atoms with E-state index in [1.807, 2.05) is 48.2 Å². The number of thioether (sulfide) groups is 1. The average Bonchev–Trinajstić information content (AvgIpc) is 3.08. The lowest BCUT2D eigenvalue weighted by molar-refractivity contribution is -0.122. The summed E-state index contributed by atoms with van der Waals surface area (Å²) in [5, 5.41) is 0.642. The molecule has 0 N–H and O–H groups in total. The van der Waals surface area contributed by atoms with E-state index in [9.17, 15) is 13.2 Å². The molecular formula is C21H22ClN3O3S3. The van der Waals surface area contributed by atoms with Crippen LogP contribution < -0.4 is 4.80 Å². The topological polar surface area (TPSA) is 71.7 Å². The SMILES string of the molecule is CSc1ccc(S(=O)(=O)N2CCC(C(=O)N=c3sc4cc(Cl)ccc4n3C)CC2)cc1. The zero-order valence-corrected chi connectivity index (χ0v) is 20.3. The fourth-order valence-electron chi connectivity index (χ4n) is 3.64. The van der Waals surface area contributed by atoms with Gasteiger partial charge in [-0.3, -0.25) is 4.79 Å². The number of aromatic nitrogens is 1. The van der Waals surface area contributed by atoms with E-state index >= 15 is 0 Å². The smallest absolute Gasteiger partial charge is 0.251 e. The van der Waals surface area contributed by atoms with Crippen LogP contribution in [0.25, 0.3) is 10.2 Å². The normalized spacial score (nSPS) is 16.8. The molecule has 0 radical (unpaired) electrons. The van der Waals surface area contributed by atoms with E-state index in [1.54, 1.807) is 23.9 Å². The molecule has 2 heterocycles. The molecular weight excluding hydrogens is 474 g/mol. The van der Waals surface area contributed by atoms with Gasteiger partial charge in [-0.1, -0.05) is 22.9 Å². The number of hydrogen-bond acceptors (Lipinski definition) is 5. The predicted molar refractivity (Wildman–Crippen MR) is 126 cm³/mol. The van der Waals surface area contributed by atoms with Crippen LogP contribution in [0.3, 0.4) is 0 Å². The number of carbonyl (C=O) groups is 1. The molecule has 31 heavy (non-hydrogen) atoms. The Bertz CT molecular complexity index is 1290. The molecule has 1 aromatic heterocycles. The summed E-state index contributed by atoms with van der Waals surface area (Å²) in [7, 11) is -1.68. The fraction of sp³-hybridized carbons (Fsp3) is 0.333. The summed E-state index contributed by atoms with van der Waals surface area (Å²) in [6.07, 6.45) is 2.88. The number of amides is 1. The molecule has 0 saturated carbocycles. The van der Waals surface area contributed by atoms with E-state index in [4.69, 9.17) is 11.6 Å². The van der Waals surface area contributed by atoms with E-state index in [0.717, 1.165) is 15.1 Å². The minimum Gasteiger partial charge on any atom is -0.319 e. The zero-order valence-electron chi connectivity index (χ0n) is 17.1. The Hall–Kier alpha value is -1.65. The number of rotatable bonds is 4. The quantitative estimate of drug-likeness (QED) is 0.510. The summed E-state index contributed by atoms with van der Waals surface area (Å²) in [5.41, 5.74) is 0.967. The Labute approximate surface area is 194 Å². The minimum atomic E-state index is -3.56. The molecule has 0 bridgehead atoms. The van der Waals surface area contributed by atoms with Crippen LogP contribution in [0.15, 0.2) is 57.2 Å². The highest BCUT2D eigenvalue weighted by Gasteiger charge is 2.32. The van der Waals surface area contributed by atoms with E-state index in [0.29, 0.717) is 35.8 Å². The number of aryl methyl sites for hydroxylation is 1. The van der Waals surface area contributed by atoms with Crippen LogP contribution in [0.1, 0.15) is 12.8 Å². The second-order valence-electron chi connectivity index (χ2n) is 7.36. The Morgan fingerprint density at radius 2 is 1.84 bits per heavy atom. The molecule has 1 fully saturated rings. The third-order valence-corrected chi connectivity index (χ3v) is 9.46. The van der Waals surface area contributed by atoms with Gasteiger partial charge in [-0.15, -0.1) is 11.8 Å². The van der Waals surface area contributed by atoms with Crippen molar-refractivity contribution in [3.63, 3.8) is 0 Å². The first-order valence-electron chi connectivity index (χ1n) is 9.77. The van der Waals surface area contributed by atoms with E-state index in [2.05, 4.69) is 4.99 Å². The fourth-order valence-corrected chi connectivity index (χ4v) is 6.82. The van der Waals surface area contributed by atoms with Gasteiger partial charge in [-0.05, 0) is 61.6 Å². The van der Waals surface area contributed by atoms with Crippen molar-refractivity contribution in [3.05, 3.63) is 52.3 Å². The van der Waals surface area contributed by atoms with E-state index in [1.165, 1.54) is 15.6 Å². The molecule has 0 atom stereocenters. The molecule has 1 amide bonds. The van der Waals surface area contributed by atoms with Crippen molar-refractivity contribution in [1.82, 2.24) is 8.87 Å². The molecule has 0 unspecified atom stereocenters. The Balaban J connectivity index is 1.47. The van der Waals surface area contributed by atoms with Crippen LogP contribution in [-0.2, 0) is 21.9 Å². The highest BCUT2D eigenvalue weighted by Crippen LogP contribution is 2.26. The van der Waals surface area contributed by atoms with Crippen molar-refractivity contribution in [2.24, 2.45) is 18.0 Å². The molecule has 1 saturated heterocycles. The highest BCUT2D eigenvalue weighted by molar-refractivity contribution is 7.98. The number of benzene rings is 2. The first-order valence-corrected chi connectivity index (χ1v) is 13.6. The number of fused-ring (bicyclic) bond motifs is 1. The molecule has 10 heteroatoms. The number of hydrogen-bond donors (Lipinski definition) is 0. The largest absolute Gasteiger partial charge is 0.319 e. The van der Waals surface area contributed by atoms with Crippen LogP contribution >= 0.6 is 34.7 Å². The number of piperidine rings is 1. The van der Waals surface area contributed by atoms with Gasteiger partial charge in [-0.2, -0.15) is 9.30 Å². The Kier molecular flexibility index (Phi) is 6.60. The Morgan fingerprint density at radius 3 is 2.48 bits per heavy atom. The molecule has 1 aliphatic heterocycles. The third kappa shape index (κ3) is 4.61. The van der Waals surface area contributed by atoms with Crippen LogP contribution in [-0.4, -0.2) is 42.5 Å². The summed E-state index contributed by atoms with van der Waals surface area (Å²) in [4.78, 5) is 19.1. The standard InChI is InChI=1S/C21H22ClN3O3S3/c1-24-18-8-3-15(22)13-19(18)30-21(24)23-20(26)14-9-11-25(12-10-14)31(27,28)17-6-4-16(29-2)5-7-17/h3-8,13-14H,9-12H2,1-2H3. The number of nitrogens with zero attached hydrogens (tertiary/aromatic N) is 3. The Morgan fingerprint density at radius 1 is 1.16 bits per heavy atom. The van der Waals surface area contributed by atoms with Crippen molar-refractivity contribution in [2.45, 2.75) is 22.6 Å². The number of sulfonamides is 1. The number of thiazole rings is 1. The second-order valence-corrected chi connectivity index (χ2v) is 11.6. The third-order valence-electron chi connectivity index (χ3n) is 5.48. The molecule has 6 nitrogen and oxygen atoms in total. The van der Waals surface area contributed by atoms with Crippen molar-refractivity contribution in [3.8, 4) is 0 Å². The average molecular weight is 496 g/mol. The van der Waals surface area contributed by atoms with Crippen LogP contribution in [0, 0.1) is 5.92 Å². The maximum absolute atomic E-state index is 12.9. The van der Waals surface area contributed by atoms with Gasteiger partial charge in [0.15, 0.2) is 4.80 Å². The first-order chi connectivity index (χ1) is 14.8. The monoisotopic (exact) mass is 495 g/mol. The van der Waals surface area contributed by atoms with Gasteiger partial charge in [0.2, 0.25) is 10.0 Å². The van der Waals surface area contributed by atoms with Crippen LogP contribution in [0.2, 0.25) is 5.02 Å². The summed E-state index contributed by atoms with van der Waals surface area (Å²) in [6, 6.07) is 12.5. The number of carbonyl (C=O) groups excluding carboxylic acids is 1. The van der Waals surface area contributed by atoms with Crippen molar-refractivity contribution in [1.29, 1.82) is 0 Å². The van der Waals surface area contributed by atoms with Gasteiger partial charge in [0, 0.05) is 36.0 Å². The van der Waals surface area contributed by atoms with Crippen LogP contribution in [0.5, 0.6) is 0 Å². The van der Waals surface area contributed by atoms with Crippen molar-refractivity contribution >= 4 is 60.8 Å². The summed E-state index contributed by atoms with van der Waals surface area (Å²) >= 11 is 9.05. The van der Waals surface area contributed by atoms with Gasteiger partial charge in [0.05, 0.1) is 15.1 Å². The van der Waals surface area contributed by atoms with Gasteiger partial charge in [-0.25, -0.2) is 8.42 Å². The lowest BCUT2D eigenvalue weighted by atomic mass is 9.98. The predicted octanol–water partition coefficient (Wildman–Crippen LogP) is 4.14. The highest BCUT2D eigenvalue weighted by atomic mass is 35.5. The molecule has 3 aromatic rings. The lowest BCUT2D eigenvalue weighted by Crippen LogP contribution is -2.40. The van der Waals surface area contributed by atoms with Crippen molar-refractivity contribution in [2.75, 3.05) is 19.3 Å². The summed E-state index contributed by atoms with van der Waals surface area (Å²) < 4.78 is 30.2. The van der Waals surface area contributed by atoms with Gasteiger partial charge >= 0.3 is 0 Å². The maximum atomic E-state index is 12.9. The van der Waals surface area contributed by atoms with Gasteiger partial charge in [0.1, 0.15) is 0 Å². The van der Waals surface area contributed by atoms with Crippen molar-refractivity contribution < 1.29 is 13.2 Å². The second kappa shape index (κ2) is 9.07. The maximum Gasteiger partial charge on any atom is 0.251 e. The van der Waals surface area contributed by atoms with E-state index in [-0.39, 0.29) is 16.7 Å². The molecule has 0 spiro atoms. The molecule has 164 valence electrons. The van der Waals surface area contributed by atoms with E-state index < -0.39 is 10.0 Å². The van der Waals surface area contributed by atoms with Crippen LogP contribution in [0.4, 0.5) is 0 Å². The summed E-state index contributed by atoms with van der Waals surface area (Å²) in [6.45, 7) is 0.624. The lowest BCUT2D eigenvalue weighted by Gasteiger charge is -2.29. The molecule has 1 aliphatic rings. The van der Waals surface area contributed by atoms with Gasteiger partial charge < -0.3 is 4.57 Å². The minimum absolute atomic E-state index is 0.199. The first kappa shape index (κ1) is 22.5. The number of halogens is 1. The summed E-state index contributed by atoms with van der Waals surface area (Å²) in [5.74, 6) is -0.478.